The van der Waals surface area contributed by atoms with Crippen LogP contribution in [0.3, 0.4) is 0 Å². The van der Waals surface area contributed by atoms with E-state index in [1.807, 2.05) is 6.92 Å². The number of carbonyl (C=O) groups is 1. The highest BCUT2D eigenvalue weighted by Gasteiger charge is 2.50. The highest BCUT2D eigenvalue weighted by molar-refractivity contribution is 7.91. The zero-order valence-electron chi connectivity index (χ0n) is 13.3. The van der Waals surface area contributed by atoms with Crippen molar-refractivity contribution in [2.75, 3.05) is 23.0 Å². The fourth-order valence-corrected chi connectivity index (χ4v) is 5.65. The van der Waals surface area contributed by atoms with Gasteiger partial charge in [-0.05, 0) is 37.6 Å². The fourth-order valence-electron chi connectivity index (χ4n) is 3.56. The van der Waals surface area contributed by atoms with E-state index >= 15 is 0 Å². The van der Waals surface area contributed by atoms with E-state index in [2.05, 4.69) is 11.8 Å². The number of piperazine rings is 1. The number of nitrogens with zero attached hydrogens (tertiary/aromatic N) is 2. The standard InChI is InChI=1S/C16H21ClN2O3S/c1-3-11(2)18-8-16(20)19(13-6-4-12(17)5-7-13)15-10-23(21,22)9-14(15)18/h4-7,11,14-15H,3,8-10H2,1-2H3. The number of anilines is 1. The number of hydrogen-bond acceptors (Lipinski definition) is 4. The molecule has 7 heteroatoms. The normalized spacial score (nSPS) is 28.7. The first kappa shape index (κ1) is 16.7. The van der Waals surface area contributed by atoms with Crippen molar-refractivity contribution in [1.29, 1.82) is 0 Å². The molecule has 0 radical (unpaired) electrons. The van der Waals surface area contributed by atoms with Crippen molar-refractivity contribution in [3.8, 4) is 0 Å². The molecule has 0 aromatic heterocycles. The number of hydrogen-bond donors (Lipinski definition) is 0. The van der Waals surface area contributed by atoms with Gasteiger partial charge in [-0.15, -0.1) is 0 Å². The van der Waals surface area contributed by atoms with Crippen LogP contribution in [-0.4, -0.2) is 55.4 Å². The Balaban J connectivity index is 1.99. The minimum atomic E-state index is -3.14. The second-order valence-electron chi connectivity index (χ2n) is 6.38. The van der Waals surface area contributed by atoms with Crippen LogP contribution in [0.15, 0.2) is 24.3 Å². The van der Waals surface area contributed by atoms with E-state index in [1.165, 1.54) is 0 Å². The van der Waals surface area contributed by atoms with Gasteiger partial charge < -0.3 is 4.90 Å². The largest absolute Gasteiger partial charge is 0.306 e. The van der Waals surface area contributed by atoms with Crippen molar-refractivity contribution in [3.05, 3.63) is 29.3 Å². The molecule has 0 saturated carbocycles. The monoisotopic (exact) mass is 356 g/mol. The lowest BCUT2D eigenvalue weighted by Gasteiger charge is -2.45. The first-order valence-electron chi connectivity index (χ1n) is 7.86. The van der Waals surface area contributed by atoms with Crippen LogP contribution in [0.2, 0.25) is 5.02 Å². The Bertz CT molecular complexity index is 705. The van der Waals surface area contributed by atoms with Crippen molar-refractivity contribution in [2.24, 2.45) is 0 Å². The third-order valence-electron chi connectivity index (χ3n) is 4.90. The molecule has 1 aromatic carbocycles. The highest BCUT2D eigenvalue weighted by Crippen LogP contribution is 2.33. The molecule has 1 amide bonds. The number of halogens is 1. The Morgan fingerprint density at radius 1 is 1.22 bits per heavy atom. The molecule has 3 atom stereocenters. The van der Waals surface area contributed by atoms with Crippen LogP contribution in [0, 0.1) is 0 Å². The maximum Gasteiger partial charge on any atom is 0.241 e. The summed E-state index contributed by atoms with van der Waals surface area (Å²) >= 11 is 5.92. The minimum Gasteiger partial charge on any atom is -0.306 e. The van der Waals surface area contributed by atoms with Gasteiger partial charge in [0.05, 0.1) is 24.1 Å². The molecule has 0 N–H and O–H groups in total. The molecule has 23 heavy (non-hydrogen) atoms. The Morgan fingerprint density at radius 2 is 1.83 bits per heavy atom. The number of sulfone groups is 1. The molecule has 2 aliphatic heterocycles. The number of benzene rings is 1. The first-order chi connectivity index (χ1) is 10.8. The van der Waals surface area contributed by atoms with Crippen molar-refractivity contribution >= 4 is 33.0 Å². The predicted octanol–water partition coefficient (Wildman–Crippen LogP) is 1.95. The lowest BCUT2D eigenvalue weighted by molar-refractivity contribution is -0.124. The zero-order valence-corrected chi connectivity index (χ0v) is 14.8. The first-order valence-corrected chi connectivity index (χ1v) is 10.1. The topological polar surface area (TPSA) is 57.7 Å². The Kier molecular flexibility index (Phi) is 4.42. The molecule has 0 aliphatic carbocycles. The fraction of sp³-hybridized carbons (Fsp3) is 0.562. The van der Waals surface area contributed by atoms with E-state index in [1.54, 1.807) is 29.2 Å². The number of carbonyl (C=O) groups excluding carboxylic acids is 1. The third-order valence-corrected chi connectivity index (χ3v) is 6.85. The number of fused-ring (bicyclic) bond motifs is 1. The van der Waals surface area contributed by atoms with Gasteiger partial charge in [0, 0.05) is 22.8 Å². The van der Waals surface area contributed by atoms with Gasteiger partial charge in [-0.3, -0.25) is 9.69 Å². The summed E-state index contributed by atoms with van der Waals surface area (Å²) in [4.78, 5) is 16.4. The van der Waals surface area contributed by atoms with Gasteiger partial charge in [0.15, 0.2) is 9.84 Å². The molecule has 2 heterocycles. The summed E-state index contributed by atoms with van der Waals surface area (Å²) in [5.41, 5.74) is 0.718. The van der Waals surface area contributed by atoms with Gasteiger partial charge in [0.1, 0.15) is 0 Å². The van der Waals surface area contributed by atoms with Crippen LogP contribution in [0.25, 0.3) is 0 Å². The molecule has 2 saturated heterocycles. The molecule has 0 spiro atoms. The summed E-state index contributed by atoms with van der Waals surface area (Å²) in [6.45, 7) is 4.36. The predicted molar refractivity (Wildman–Crippen MR) is 91.6 cm³/mol. The third kappa shape index (κ3) is 3.12. The molecule has 2 fully saturated rings. The van der Waals surface area contributed by atoms with Gasteiger partial charge in [-0.2, -0.15) is 0 Å². The minimum absolute atomic E-state index is 0.0268. The van der Waals surface area contributed by atoms with Gasteiger partial charge in [-0.25, -0.2) is 8.42 Å². The molecule has 3 rings (SSSR count). The summed E-state index contributed by atoms with van der Waals surface area (Å²) in [6.07, 6.45) is 0.886. The van der Waals surface area contributed by atoms with Gasteiger partial charge in [-0.1, -0.05) is 18.5 Å². The van der Waals surface area contributed by atoms with E-state index in [4.69, 9.17) is 11.6 Å². The average Bonchev–Trinajstić information content (AvgIpc) is 2.82. The molecular weight excluding hydrogens is 336 g/mol. The maximum absolute atomic E-state index is 12.7. The molecule has 0 bridgehead atoms. The van der Waals surface area contributed by atoms with Crippen LogP contribution in [0.5, 0.6) is 0 Å². The summed E-state index contributed by atoms with van der Waals surface area (Å²) < 4.78 is 24.4. The van der Waals surface area contributed by atoms with Crippen LogP contribution in [-0.2, 0) is 14.6 Å². The lowest BCUT2D eigenvalue weighted by Crippen LogP contribution is -2.63. The highest BCUT2D eigenvalue weighted by atomic mass is 35.5. The van der Waals surface area contributed by atoms with E-state index in [0.29, 0.717) is 5.02 Å². The van der Waals surface area contributed by atoms with E-state index in [9.17, 15) is 13.2 Å². The SMILES string of the molecule is CCC(C)N1CC(=O)N(c2ccc(Cl)cc2)C2CS(=O)(=O)CC21. The van der Waals surface area contributed by atoms with Gasteiger partial charge in [0.25, 0.3) is 0 Å². The second-order valence-corrected chi connectivity index (χ2v) is 8.97. The summed E-state index contributed by atoms with van der Waals surface area (Å²) in [7, 11) is -3.14. The summed E-state index contributed by atoms with van der Waals surface area (Å²) in [5.74, 6) is 0.101. The Labute approximate surface area is 142 Å². The van der Waals surface area contributed by atoms with Gasteiger partial charge in [0.2, 0.25) is 5.91 Å². The smallest absolute Gasteiger partial charge is 0.241 e. The average molecular weight is 357 g/mol. The van der Waals surface area contributed by atoms with Crippen molar-refractivity contribution in [3.63, 3.8) is 0 Å². The van der Waals surface area contributed by atoms with Crippen molar-refractivity contribution in [1.82, 2.24) is 4.90 Å². The lowest BCUT2D eigenvalue weighted by atomic mass is 10.0. The molecule has 3 unspecified atom stereocenters. The van der Waals surface area contributed by atoms with Crippen LogP contribution >= 0.6 is 11.6 Å². The molecular formula is C16H21ClN2O3S. The molecule has 2 aliphatic rings. The zero-order chi connectivity index (χ0) is 16.8. The van der Waals surface area contributed by atoms with E-state index in [-0.39, 0.29) is 42.1 Å². The number of rotatable bonds is 3. The van der Waals surface area contributed by atoms with Crippen LogP contribution in [0.1, 0.15) is 20.3 Å². The van der Waals surface area contributed by atoms with Crippen LogP contribution in [0.4, 0.5) is 5.69 Å². The summed E-state index contributed by atoms with van der Waals surface area (Å²) in [6, 6.07) is 6.74. The second kappa shape index (κ2) is 6.07. The van der Waals surface area contributed by atoms with E-state index in [0.717, 1.165) is 12.1 Å². The Morgan fingerprint density at radius 3 is 2.43 bits per heavy atom. The Hall–Kier alpha value is -1.11. The van der Waals surface area contributed by atoms with Crippen molar-refractivity contribution in [2.45, 2.75) is 38.4 Å². The quantitative estimate of drug-likeness (QED) is 0.830. The van der Waals surface area contributed by atoms with E-state index < -0.39 is 9.84 Å². The molecule has 1 aromatic rings. The summed E-state index contributed by atoms with van der Waals surface area (Å²) in [5, 5.41) is 0.593. The maximum atomic E-state index is 12.7. The number of amides is 1. The van der Waals surface area contributed by atoms with Gasteiger partial charge >= 0.3 is 0 Å². The molecule has 126 valence electrons. The molecule has 5 nitrogen and oxygen atoms in total. The van der Waals surface area contributed by atoms with Crippen LogP contribution < -0.4 is 4.90 Å². The van der Waals surface area contributed by atoms with Crippen molar-refractivity contribution < 1.29 is 13.2 Å².